The van der Waals surface area contributed by atoms with Gasteiger partial charge in [-0.1, -0.05) is 43.3 Å². The summed E-state index contributed by atoms with van der Waals surface area (Å²) in [5.74, 6) is 0.411. The van der Waals surface area contributed by atoms with Crippen molar-refractivity contribution in [2.45, 2.75) is 30.2 Å². The second-order valence-corrected chi connectivity index (χ2v) is 6.90. The van der Waals surface area contributed by atoms with Gasteiger partial charge in [-0.25, -0.2) is 4.39 Å². The zero-order valence-corrected chi connectivity index (χ0v) is 13.8. The molecule has 0 fully saturated rings. The van der Waals surface area contributed by atoms with Crippen LogP contribution in [-0.4, -0.2) is 6.54 Å². The molecular weight excluding hydrogens is 305 g/mol. The summed E-state index contributed by atoms with van der Waals surface area (Å²) in [5, 5.41) is 4.00. The molecule has 0 unspecified atom stereocenters. The molecule has 21 heavy (non-hydrogen) atoms. The van der Waals surface area contributed by atoms with Crippen molar-refractivity contribution in [3.05, 3.63) is 58.9 Å². The summed E-state index contributed by atoms with van der Waals surface area (Å²) in [7, 11) is 0. The van der Waals surface area contributed by atoms with Crippen LogP contribution in [0.4, 0.5) is 4.39 Å². The third kappa shape index (κ3) is 5.34. The maximum absolute atomic E-state index is 14.1. The van der Waals surface area contributed by atoms with Gasteiger partial charge in [0.1, 0.15) is 5.82 Å². The molecule has 0 aliphatic rings. The Morgan fingerprint density at radius 1 is 1.14 bits per heavy atom. The van der Waals surface area contributed by atoms with Crippen LogP contribution < -0.4 is 5.32 Å². The Hall–Kier alpha value is -1.03. The maximum atomic E-state index is 14.1. The van der Waals surface area contributed by atoms with Crippen molar-refractivity contribution in [1.29, 1.82) is 0 Å². The molecule has 2 aromatic carbocycles. The van der Waals surface area contributed by atoms with E-state index in [0.29, 0.717) is 22.4 Å². The van der Waals surface area contributed by atoms with E-state index in [9.17, 15) is 4.39 Å². The van der Waals surface area contributed by atoms with Crippen LogP contribution in [0.2, 0.25) is 5.02 Å². The molecule has 112 valence electrons. The standard InChI is InChI=1S/C17H19ClFNS/c1-12(2)10-20-11-13-3-8-17(16(19)9-13)21-15-6-4-14(18)5-7-15/h3-9,12,20H,10-11H2,1-2H3. The highest BCUT2D eigenvalue weighted by molar-refractivity contribution is 7.99. The monoisotopic (exact) mass is 323 g/mol. The Labute approximate surface area is 134 Å². The van der Waals surface area contributed by atoms with E-state index in [1.54, 1.807) is 6.07 Å². The van der Waals surface area contributed by atoms with Gasteiger partial charge in [0.25, 0.3) is 0 Å². The first kappa shape index (κ1) is 16.3. The Morgan fingerprint density at radius 3 is 2.48 bits per heavy atom. The fourth-order valence-electron chi connectivity index (χ4n) is 1.87. The molecule has 0 atom stereocenters. The lowest BCUT2D eigenvalue weighted by molar-refractivity contribution is 0.548. The van der Waals surface area contributed by atoms with Crippen LogP contribution in [0.5, 0.6) is 0 Å². The van der Waals surface area contributed by atoms with Gasteiger partial charge in [-0.05, 0) is 54.4 Å². The number of benzene rings is 2. The summed E-state index contributed by atoms with van der Waals surface area (Å²) < 4.78 is 14.1. The highest BCUT2D eigenvalue weighted by Gasteiger charge is 2.06. The topological polar surface area (TPSA) is 12.0 Å². The molecule has 4 heteroatoms. The number of hydrogen-bond acceptors (Lipinski definition) is 2. The van der Waals surface area contributed by atoms with E-state index in [0.717, 1.165) is 17.0 Å². The van der Waals surface area contributed by atoms with Crippen molar-refractivity contribution in [2.24, 2.45) is 5.92 Å². The first-order chi connectivity index (χ1) is 10.0. The fourth-order valence-corrected chi connectivity index (χ4v) is 2.82. The predicted octanol–water partition coefficient (Wildman–Crippen LogP) is 5.38. The van der Waals surface area contributed by atoms with E-state index in [-0.39, 0.29) is 5.82 Å². The molecule has 0 saturated heterocycles. The lowest BCUT2D eigenvalue weighted by Crippen LogP contribution is -2.18. The van der Waals surface area contributed by atoms with Crippen LogP contribution in [0.3, 0.4) is 0 Å². The summed E-state index contributed by atoms with van der Waals surface area (Å²) in [6.07, 6.45) is 0. The molecule has 0 radical (unpaired) electrons. The molecule has 1 nitrogen and oxygen atoms in total. The molecule has 2 rings (SSSR count). The second kappa shape index (κ2) is 7.83. The SMILES string of the molecule is CC(C)CNCc1ccc(Sc2ccc(Cl)cc2)c(F)c1. The average Bonchev–Trinajstić information content (AvgIpc) is 2.44. The van der Waals surface area contributed by atoms with Crippen molar-refractivity contribution in [3.63, 3.8) is 0 Å². The predicted molar refractivity (Wildman–Crippen MR) is 88.5 cm³/mol. The third-order valence-corrected chi connectivity index (χ3v) is 4.23. The zero-order valence-electron chi connectivity index (χ0n) is 12.2. The minimum Gasteiger partial charge on any atom is -0.312 e. The van der Waals surface area contributed by atoms with E-state index < -0.39 is 0 Å². The summed E-state index contributed by atoms with van der Waals surface area (Å²) >= 11 is 7.25. The number of hydrogen-bond donors (Lipinski definition) is 1. The van der Waals surface area contributed by atoms with Gasteiger partial charge in [-0.3, -0.25) is 0 Å². The molecule has 0 bridgehead atoms. The maximum Gasteiger partial charge on any atom is 0.137 e. The Balaban J connectivity index is 2.00. The average molecular weight is 324 g/mol. The lowest BCUT2D eigenvalue weighted by atomic mass is 10.2. The largest absolute Gasteiger partial charge is 0.312 e. The minimum absolute atomic E-state index is 0.182. The molecular formula is C17H19ClFNS. The van der Waals surface area contributed by atoms with Crippen molar-refractivity contribution in [1.82, 2.24) is 5.32 Å². The lowest BCUT2D eigenvalue weighted by Gasteiger charge is -2.09. The van der Waals surface area contributed by atoms with Gasteiger partial charge in [0.2, 0.25) is 0 Å². The normalized spacial score (nSPS) is 11.1. The van der Waals surface area contributed by atoms with Gasteiger partial charge in [-0.2, -0.15) is 0 Å². The number of halogens is 2. The van der Waals surface area contributed by atoms with Crippen LogP contribution in [0.15, 0.2) is 52.3 Å². The molecule has 1 N–H and O–H groups in total. The van der Waals surface area contributed by atoms with Gasteiger partial charge in [0.05, 0.1) is 0 Å². The highest BCUT2D eigenvalue weighted by atomic mass is 35.5. The van der Waals surface area contributed by atoms with Crippen LogP contribution >= 0.6 is 23.4 Å². The van der Waals surface area contributed by atoms with E-state index in [1.807, 2.05) is 36.4 Å². The van der Waals surface area contributed by atoms with Gasteiger partial charge in [0.15, 0.2) is 0 Å². The molecule has 0 aliphatic heterocycles. The van der Waals surface area contributed by atoms with Crippen LogP contribution in [0.1, 0.15) is 19.4 Å². The molecule has 0 amide bonds. The fraction of sp³-hybridized carbons (Fsp3) is 0.294. The van der Waals surface area contributed by atoms with Gasteiger partial charge in [-0.15, -0.1) is 0 Å². The van der Waals surface area contributed by atoms with Gasteiger partial charge >= 0.3 is 0 Å². The van der Waals surface area contributed by atoms with Crippen LogP contribution in [0, 0.1) is 11.7 Å². The summed E-state index contributed by atoms with van der Waals surface area (Å²) in [6, 6.07) is 12.8. The van der Waals surface area contributed by atoms with E-state index in [2.05, 4.69) is 19.2 Å². The quantitative estimate of drug-likeness (QED) is 0.766. The van der Waals surface area contributed by atoms with Crippen molar-refractivity contribution < 1.29 is 4.39 Å². The molecule has 0 heterocycles. The summed E-state index contributed by atoms with van der Waals surface area (Å²) in [6.45, 7) is 5.93. The van der Waals surface area contributed by atoms with Gasteiger partial charge < -0.3 is 5.32 Å². The molecule has 0 aromatic heterocycles. The first-order valence-corrected chi connectivity index (χ1v) is 8.16. The third-order valence-electron chi connectivity index (χ3n) is 2.92. The van der Waals surface area contributed by atoms with Crippen LogP contribution in [-0.2, 0) is 6.54 Å². The first-order valence-electron chi connectivity index (χ1n) is 6.97. The van der Waals surface area contributed by atoms with Crippen molar-refractivity contribution in [2.75, 3.05) is 6.54 Å². The molecule has 2 aromatic rings. The van der Waals surface area contributed by atoms with Crippen molar-refractivity contribution in [3.8, 4) is 0 Å². The number of rotatable bonds is 6. The zero-order chi connectivity index (χ0) is 15.2. The molecule has 0 aliphatic carbocycles. The second-order valence-electron chi connectivity index (χ2n) is 5.35. The summed E-state index contributed by atoms with van der Waals surface area (Å²) in [4.78, 5) is 1.61. The Morgan fingerprint density at radius 2 is 1.86 bits per heavy atom. The van der Waals surface area contributed by atoms with Crippen molar-refractivity contribution >= 4 is 23.4 Å². The van der Waals surface area contributed by atoms with E-state index >= 15 is 0 Å². The molecule has 0 saturated carbocycles. The smallest absolute Gasteiger partial charge is 0.137 e. The van der Waals surface area contributed by atoms with E-state index in [4.69, 9.17) is 11.6 Å². The Kier molecular flexibility index (Phi) is 6.09. The Bertz CT molecular complexity index is 584. The summed E-state index contributed by atoms with van der Waals surface area (Å²) in [5.41, 5.74) is 0.966. The van der Waals surface area contributed by atoms with Crippen LogP contribution in [0.25, 0.3) is 0 Å². The highest BCUT2D eigenvalue weighted by Crippen LogP contribution is 2.30. The van der Waals surface area contributed by atoms with E-state index in [1.165, 1.54) is 11.8 Å². The minimum atomic E-state index is -0.182. The number of nitrogens with one attached hydrogen (secondary N) is 1. The molecule has 0 spiro atoms. The van der Waals surface area contributed by atoms with Gasteiger partial charge in [0, 0.05) is 21.4 Å².